The summed E-state index contributed by atoms with van der Waals surface area (Å²) in [7, 11) is 0. The standard InChI is InChI=1S/C28H31FN4O2S/c1-20-6-2-3-9-24(20)30-28(35)32-13-5-12-31(15-16-32)26(34)19-33-14-10-25-23(11-17-36-25)27(33)21-7-4-8-22(29)18-21/h2-4,6-9,11,17-18,27H,5,10,12-16,19H2,1H3,(H,30,35)/t27-/m0/s1. The van der Waals surface area contributed by atoms with Crippen molar-refractivity contribution in [1.29, 1.82) is 0 Å². The maximum atomic E-state index is 14.1. The van der Waals surface area contributed by atoms with Crippen molar-refractivity contribution in [2.45, 2.75) is 25.8 Å². The van der Waals surface area contributed by atoms with Crippen LogP contribution in [0.3, 0.4) is 0 Å². The highest BCUT2D eigenvalue weighted by Gasteiger charge is 2.32. The molecule has 6 nitrogen and oxygen atoms in total. The molecule has 0 unspecified atom stereocenters. The molecule has 3 aromatic rings. The number of thiophene rings is 1. The summed E-state index contributed by atoms with van der Waals surface area (Å²) >= 11 is 1.72. The molecule has 2 aromatic carbocycles. The Morgan fingerprint density at radius 2 is 1.81 bits per heavy atom. The third kappa shape index (κ3) is 5.29. The van der Waals surface area contributed by atoms with Gasteiger partial charge in [-0.25, -0.2) is 9.18 Å². The second-order valence-corrected chi connectivity index (χ2v) is 10.4. The molecule has 0 aliphatic carbocycles. The number of anilines is 1. The van der Waals surface area contributed by atoms with Gasteiger partial charge < -0.3 is 15.1 Å². The van der Waals surface area contributed by atoms with Crippen molar-refractivity contribution in [2.75, 3.05) is 44.6 Å². The van der Waals surface area contributed by atoms with Crippen LogP contribution < -0.4 is 5.32 Å². The Labute approximate surface area is 215 Å². The molecule has 3 amide bonds. The van der Waals surface area contributed by atoms with E-state index in [4.69, 9.17) is 0 Å². The SMILES string of the molecule is Cc1ccccc1NC(=O)N1CCCN(C(=O)CN2CCc3sccc3[C@@H]2c2cccc(F)c2)CC1. The van der Waals surface area contributed by atoms with Crippen molar-refractivity contribution in [3.05, 3.63) is 87.4 Å². The normalized spacial score (nSPS) is 18.4. The smallest absolute Gasteiger partial charge is 0.321 e. The van der Waals surface area contributed by atoms with E-state index in [-0.39, 0.29) is 30.3 Å². The zero-order chi connectivity index (χ0) is 25.1. The molecule has 8 heteroatoms. The van der Waals surface area contributed by atoms with E-state index in [2.05, 4.69) is 21.7 Å². The quantitative estimate of drug-likeness (QED) is 0.547. The Morgan fingerprint density at radius 1 is 1.00 bits per heavy atom. The summed E-state index contributed by atoms with van der Waals surface area (Å²) in [6, 6.07) is 16.2. The molecule has 2 aliphatic rings. The highest BCUT2D eigenvalue weighted by Crippen LogP contribution is 2.37. The molecule has 1 atom stereocenters. The first-order valence-corrected chi connectivity index (χ1v) is 13.3. The number of rotatable bonds is 4. The first-order valence-electron chi connectivity index (χ1n) is 12.4. The fourth-order valence-corrected chi connectivity index (χ4v) is 6.06. The molecule has 0 spiro atoms. The van der Waals surface area contributed by atoms with E-state index in [1.807, 2.05) is 42.2 Å². The second kappa shape index (κ2) is 10.8. The van der Waals surface area contributed by atoms with Crippen LogP contribution in [-0.2, 0) is 11.2 Å². The lowest BCUT2D eigenvalue weighted by Gasteiger charge is -2.37. The van der Waals surface area contributed by atoms with Crippen molar-refractivity contribution in [1.82, 2.24) is 14.7 Å². The van der Waals surface area contributed by atoms with E-state index < -0.39 is 0 Å². The van der Waals surface area contributed by atoms with Gasteiger partial charge in [0.15, 0.2) is 0 Å². The Bertz CT molecular complexity index is 1250. The summed E-state index contributed by atoms with van der Waals surface area (Å²) < 4.78 is 14.1. The van der Waals surface area contributed by atoms with Gasteiger partial charge >= 0.3 is 6.03 Å². The van der Waals surface area contributed by atoms with Crippen molar-refractivity contribution in [2.24, 2.45) is 0 Å². The van der Waals surface area contributed by atoms with Gasteiger partial charge in [0, 0.05) is 43.3 Å². The van der Waals surface area contributed by atoms with Gasteiger partial charge in [-0.1, -0.05) is 30.3 Å². The lowest BCUT2D eigenvalue weighted by atomic mass is 9.93. The summed E-state index contributed by atoms with van der Waals surface area (Å²) in [5.74, 6) is -0.214. The van der Waals surface area contributed by atoms with Crippen molar-refractivity contribution >= 4 is 29.0 Å². The predicted octanol–water partition coefficient (Wildman–Crippen LogP) is 4.91. The number of fused-ring (bicyclic) bond motifs is 1. The minimum atomic E-state index is -0.266. The number of urea groups is 1. The molecule has 0 bridgehead atoms. The monoisotopic (exact) mass is 506 g/mol. The van der Waals surface area contributed by atoms with E-state index in [9.17, 15) is 14.0 Å². The number of amides is 3. The molecule has 5 rings (SSSR count). The molecule has 2 aliphatic heterocycles. The topological polar surface area (TPSA) is 55.9 Å². The van der Waals surface area contributed by atoms with Crippen LogP contribution in [0, 0.1) is 12.7 Å². The minimum absolute atomic E-state index is 0.0521. The number of nitrogens with zero attached hydrogens (tertiary/aromatic N) is 3. The Kier molecular flexibility index (Phi) is 7.34. The van der Waals surface area contributed by atoms with Gasteiger partial charge in [0.25, 0.3) is 0 Å². The van der Waals surface area contributed by atoms with E-state index in [0.717, 1.165) is 36.2 Å². The second-order valence-electron chi connectivity index (χ2n) is 9.44. The third-order valence-electron chi connectivity index (χ3n) is 7.09. The predicted molar refractivity (Wildman–Crippen MR) is 141 cm³/mol. The van der Waals surface area contributed by atoms with Crippen LogP contribution in [0.5, 0.6) is 0 Å². The number of aryl methyl sites for hydroxylation is 1. The van der Waals surface area contributed by atoms with Crippen LogP contribution in [-0.4, -0.2) is 65.9 Å². The molecule has 188 valence electrons. The first-order chi connectivity index (χ1) is 17.5. The fraction of sp³-hybridized carbons (Fsp3) is 0.357. The maximum Gasteiger partial charge on any atom is 0.321 e. The zero-order valence-electron chi connectivity index (χ0n) is 20.5. The Balaban J connectivity index is 1.24. The van der Waals surface area contributed by atoms with Gasteiger partial charge in [0.1, 0.15) is 5.82 Å². The summed E-state index contributed by atoms with van der Waals surface area (Å²) in [5, 5.41) is 5.08. The molecule has 0 saturated carbocycles. The molecule has 3 heterocycles. The van der Waals surface area contributed by atoms with E-state index in [1.165, 1.54) is 16.5 Å². The summed E-state index contributed by atoms with van der Waals surface area (Å²) in [6.07, 6.45) is 1.62. The summed E-state index contributed by atoms with van der Waals surface area (Å²) in [6.45, 7) is 5.21. The van der Waals surface area contributed by atoms with Crippen molar-refractivity contribution in [3.63, 3.8) is 0 Å². The van der Waals surface area contributed by atoms with E-state index in [1.54, 1.807) is 28.4 Å². The average molecular weight is 507 g/mol. The van der Waals surface area contributed by atoms with Crippen LogP contribution >= 0.6 is 11.3 Å². The maximum absolute atomic E-state index is 14.1. The number of carbonyl (C=O) groups excluding carboxylic acids is 2. The zero-order valence-corrected chi connectivity index (χ0v) is 21.3. The lowest BCUT2D eigenvalue weighted by Crippen LogP contribution is -2.45. The van der Waals surface area contributed by atoms with E-state index >= 15 is 0 Å². The minimum Gasteiger partial charge on any atom is -0.340 e. The summed E-state index contributed by atoms with van der Waals surface area (Å²) in [4.78, 5) is 33.4. The van der Waals surface area contributed by atoms with Gasteiger partial charge in [-0.3, -0.25) is 9.69 Å². The number of benzene rings is 2. The van der Waals surface area contributed by atoms with E-state index in [0.29, 0.717) is 26.2 Å². The summed E-state index contributed by atoms with van der Waals surface area (Å²) in [5.41, 5.74) is 3.86. The third-order valence-corrected chi connectivity index (χ3v) is 8.09. The van der Waals surface area contributed by atoms with Gasteiger partial charge in [-0.15, -0.1) is 11.3 Å². The molecule has 0 radical (unpaired) electrons. The van der Waals surface area contributed by atoms with Crippen LogP contribution in [0.1, 0.15) is 34.0 Å². The van der Waals surface area contributed by atoms with Gasteiger partial charge in [-0.05, 0) is 66.1 Å². The van der Waals surface area contributed by atoms with Crippen molar-refractivity contribution in [3.8, 4) is 0 Å². The Morgan fingerprint density at radius 3 is 2.64 bits per heavy atom. The van der Waals surface area contributed by atoms with Crippen LogP contribution in [0.15, 0.2) is 60.0 Å². The fourth-order valence-electron chi connectivity index (χ4n) is 5.16. The van der Waals surface area contributed by atoms with Crippen LogP contribution in [0.2, 0.25) is 0 Å². The first kappa shape index (κ1) is 24.5. The largest absolute Gasteiger partial charge is 0.340 e. The molecule has 1 N–H and O–H groups in total. The lowest BCUT2D eigenvalue weighted by molar-refractivity contribution is -0.132. The van der Waals surface area contributed by atoms with Crippen LogP contribution in [0.25, 0.3) is 0 Å². The molecule has 36 heavy (non-hydrogen) atoms. The van der Waals surface area contributed by atoms with Crippen LogP contribution in [0.4, 0.5) is 14.9 Å². The number of nitrogens with one attached hydrogen (secondary N) is 1. The highest BCUT2D eigenvalue weighted by atomic mass is 32.1. The highest BCUT2D eigenvalue weighted by molar-refractivity contribution is 7.10. The molecule has 1 saturated heterocycles. The van der Waals surface area contributed by atoms with Crippen molar-refractivity contribution < 1.29 is 14.0 Å². The number of hydrogen-bond donors (Lipinski definition) is 1. The average Bonchev–Trinajstić information content (AvgIpc) is 3.20. The van der Waals surface area contributed by atoms with Gasteiger partial charge in [0.2, 0.25) is 5.91 Å². The molecule has 1 aromatic heterocycles. The molecular weight excluding hydrogens is 475 g/mol. The number of halogens is 1. The Hall–Kier alpha value is -3.23. The number of carbonyl (C=O) groups is 2. The molecular formula is C28H31FN4O2S. The number of para-hydroxylation sites is 1. The van der Waals surface area contributed by atoms with Gasteiger partial charge in [-0.2, -0.15) is 0 Å². The molecule has 1 fully saturated rings. The van der Waals surface area contributed by atoms with Gasteiger partial charge in [0.05, 0.1) is 12.6 Å². The number of hydrogen-bond acceptors (Lipinski definition) is 4.